The van der Waals surface area contributed by atoms with Gasteiger partial charge in [-0.05, 0) is 78.7 Å². The van der Waals surface area contributed by atoms with Crippen LogP contribution in [0, 0.1) is 5.82 Å². The summed E-state index contributed by atoms with van der Waals surface area (Å²) in [5, 5.41) is 3.46. The molecule has 0 saturated carbocycles. The fraction of sp³-hybridized carbons (Fsp3) is 0.407. The summed E-state index contributed by atoms with van der Waals surface area (Å²) in [6.45, 7) is 3.61. The number of benzene rings is 2. The first-order valence-electron chi connectivity index (χ1n) is 12.3. The van der Waals surface area contributed by atoms with Gasteiger partial charge in [-0.1, -0.05) is 18.2 Å². The van der Waals surface area contributed by atoms with E-state index in [1.807, 2.05) is 12.3 Å². The van der Waals surface area contributed by atoms with E-state index in [0.29, 0.717) is 25.3 Å². The van der Waals surface area contributed by atoms with Gasteiger partial charge in [0, 0.05) is 36.6 Å². The van der Waals surface area contributed by atoms with Crippen molar-refractivity contribution in [2.75, 3.05) is 13.1 Å². The molecule has 3 aromatic rings. The van der Waals surface area contributed by atoms with Gasteiger partial charge >= 0.3 is 0 Å². The minimum atomic E-state index is -0.314. The molecule has 2 atom stereocenters. The number of nitrogens with one attached hydrogen (secondary N) is 2. The Hall–Kier alpha value is -2.68. The molecule has 3 aliphatic rings. The Labute approximate surface area is 209 Å². The first-order valence-corrected chi connectivity index (χ1v) is 12.9. The maximum Gasteiger partial charge on any atom is 0.243 e. The molecule has 2 N–H and O–H groups in total. The lowest BCUT2D eigenvalue weighted by molar-refractivity contribution is -0.137. The maximum atomic E-state index is 13.5. The number of fused-ring (bicyclic) bond motifs is 2. The Morgan fingerprint density at radius 2 is 1.86 bits per heavy atom. The molecule has 1 aromatic heterocycles. The Morgan fingerprint density at radius 3 is 2.66 bits per heavy atom. The summed E-state index contributed by atoms with van der Waals surface area (Å²) in [7, 11) is 0. The summed E-state index contributed by atoms with van der Waals surface area (Å²) in [6, 6.07) is 11.3. The van der Waals surface area contributed by atoms with Crippen LogP contribution in [0.15, 0.2) is 42.6 Å². The summed E-state index contributed by atoms with van der Waals surface area (Å²) >= 11 is 4.80. The quantitative estimate of drug-likeness (QED) is 0.377. The van der Waals surface area contributed by atoms with Crippen LogP contribution >= 0.6 is 12.6 Å². The largest absolute Gasteiger partial charge is 0.361 e. The van der Waals surface area contributed by atoms with Crippen molar-refractivity contribution in [2.45, 2.75) is 56.1 Å². The van der Waals surface area contributed by atoms with Gasteiger partial charge in [-0.3, -0.25) is 24.7 Å². The molecule has 4 heterocycles. The van der Waals surface area contributed by atoms with E-state index in [9.17, 15) is 14.0 Å². The van der Waals surface area contributed by atoms with Crippen molar-refractivity contribution in [2.24, 2.45) is 0 Å². The number of carbonyl (C=O) groups excluding carboxylic acids is 2. The third-order valence-corrected chi connectivity index (χ3v) is 8.45. The Bertz CT molecular complexity index is 1300. The topological polar surface area (TPSA) is 68.4 Å². The average molecular weight is 493 g/mol. The molecule has 3 aliphatic heterocycles. The molecule has 8 heteroatoms. The third kappa shape index (κ3) is 4.28. The first-order chi connectivity index (χ1) is 17.0. The number of rotatable bonds is 4. The highest BCUT2D eigenvalue weighted by molar-refractivity contribution is 7.80. The molecule has 6 nitrogen and oxygen atoms in total. The molecule has 0 radical (unpaired) electrons. The molecule has 6 rings (SSSR count). The number of halogens is 1. The number of hydrogen-bond acceptors (Lipinski definition) is 5. The predicted octanol–water partition coefficient (Wildman–Crippen LogP) is 4.24. The first kappa shape index (κ1) is 22.8. The van der Waals surface area contributed by atoms with Crippen molar-refractivity contribution < 1.29 is 14.0 Å². The normalized spacial score (nSPS) is 24.2. The molecule has 0 aliphatic carbocycles. The third-order valence-electron chi connectivity index (χ3n) is 7.87. The van der Waals surface area contributed by atoms with Crippen molar-refractivity contribution >= 4 is 35.3 Å². The maximum absolute atomic E-state index is 13.5. The van der Waals surface area contributed by atoms with Gasteiger partial charge in [-0.25, -0.2) is 4.39 Å². The van der Waals surface area contributed by atoms with Crippen LogP contribution in [-0.4, -0.2) is 45.7 Å². The van der Waals surface area contributed by atoms with Crippen molar-refractivity contribution in [1.29, 1.82) is 0 Å². The predicted molar refractivity (Wildman–Crippen MR) is 135 cm³/mol. The van der Waals surface area contributed by atoms with E-state index in [1.54, 1.807) is 12.1 Å². The van der Waals surface area contributed by atoms with Crippen LogP contribution in [0.3, 0.4) is 0 Å². The van der Waals surface area contributed by atoms with E-state index in [-0.39, 0.29) is 29.0 Å². The summed E-state index contributed by atoms with van der Waals surface area (Å²) in [4.78, 5) is 31.7. The Kier molecular flexibility index (Phi) is 5.90. The van der Waals surface area contributed by atoms with E-state index >= 15 is 0 Å². The molecular formula is C27H29FN4O2S. The van der Waals surface area contributed by atoms with Crippen LogP contribution < -0.4 is 5.32 Å². The number of imide groups is 1. The molecule has 35 heavy (non-hydrogen) atoms. The molecule has 2 aromatic carbocycles. The highest BCUT2D eigenvalue weighted by Gasteiger charge is 2.39. The summed E-state index contributed by atoms with van der Waals surface area (Å²) in [5.41, 5.74) is 5.81. The average Bonchev–Trinajstić information content (AvgIpc) is 3.40. The van der Waals surface area contributed by atoms with E-state index in [2.05, 4.69) is 38.3 Å². The number of hydrogen-bond donors (Lipinski definition) is 3. The van der Waals surface area contributed by atoms with Crippen molar-refractivity contribution in [3.8, 4) is 0 Å². The standard InChI is InChI=1S/C27H29FN4O2S/c28-19-2-4-21-22(13-29-23(21)12-19)17-7-9-31(10-8-17)14-16-1-3-20-18(11-16)15-32(27(20)35)24-5-6-25(33)30-26(24)34/h1-4,11-13,17,24,27,29,35H,5-10,14-15H2,(H,30,33,34). The van der Waals surface area contributed by atoms with Crippen LogP contribution in [0.25, 0.3) is 10.9 Å². The lowest BCUT2D eigenvalue weighted by atomic mass is 9.89. The number of thiol groups is 1. The highest BCUT2D eigenvalue weighted by Crippen LogP contribution is 2.40. The second kappa shape index (κ2) is 9.08. The zero-order valence-electron chi connectivity index (χ0n) is 19.5. The van der Waals surface area contributed by atoms with Gasteiger partial charge in [0.15, 0.2) is 0 Å². The number of piperidine rings is 2. The highest BCUT2D eigenvalue weighted by atomic mass is 32.1. The SMILES string of the molecule is O=C1CCC(N2Cc3cc(CN4CCC(c5c[nH]c6cc(F)ccc56)CC4)ccc3C2S)C(=O)N1. The Balaban J connectivity index is 1.09. The molecule has 182 valence electrons. The minimum absolute atomic E-state index is 0.136. The smallest absolute Gasteiger partial charge is 0.243 e. The Morgan fingerprint density at radius 1 is 1.03 bits per heavy atom. The number of aromatic nitrogens is 1. The summed E-state index contributed by atoms with van der Waals surface area (Å²) in [6.07, 6.45) is 5.13. The zero-order valence-corrected chi connectivity index (χ0v) is 20.4. The van der Waals surface area contributed by atoms with Gasteiger partial charge in [0.2, 0.25) is 11.8 Å². The van der Waals surface area contributed by atoms with Crippen molar-refractivity contribution in [1.82, 2.24) is 20.1 Å². The monoisotopic (exact) mass is 492 g/mol. The molecule has 2 amide bonds. The lowest BCUT2D eigenvalue weighted by Crippen LogP contribution is -2.51. The van der Waals surface area contributed by atoms with E-state index in [0.717, 1.165) is 48.9 Å². The van der Waals surface area contributed by atoms with Crippen molar-refractivity contribution in [3.63, 3.8) is 0 Å². The van der Waals surface area contributed by atoms with Crippen LogP contribution in [0.5, 0.6) is 0 Å². The van der Waals surface area contributed by atoms with E-state index in [1.165, 1.54) is 16.7 Å². The molecule has 2 fully saturated rings. The lowest BCUT2D eigenvalue weighted by Gasteiger charge is -2.32. The second-order valence-electron chi connectivity index (χ2n) is 10.0. The van der Waals surface area contributed by atoms with E-state index in [4.69, 9.17) is 12.6 Å². The van der Waals surface area contributed by atoms with Gasteiger partial charge in [0.05, 0.1) is 11.4 Å². The number of aromatic amines is 1. The van der Waals surface area contributed by atoms with Crippen LogP contribution in [0.1, 0.15) is 59.2 Å². The molecule has 0 bridgehead atoms. The zero-order chi connectivity index (χ0) is 24.1. The van der Waals surface area contributed by atoms with Gasteiger partial charge in [-0.15, -0.1) is 0 Å². The fourth-order valence-electron chi connectivity index (χ4n) is 6.01. The van der Waals surface area contributed by atoms with Gasteiger partial charge < -0.3 is 4.98 Å². The van der Waals surface area contributed by atoms with Gasteiger partial charge in [-0.2, -0.15) is 12.6 Å². The fourth-order valence-corrected chi connectivity index (χ4v) is 6.50. The van der Waals surface area contributed by atoms with Gasteiger partial charge in [0.1, 0.15) is 5.82 Å². The van der Waals surface area contributed by atoms with Crippen LogP contribution in [0.4, 0.5) is 4.39 Å². The summed E-state index contributed by atoms with van der Waals surface area (Å²) < 4.78 is 13.5. The van der Waals surface area contributed by atoms with E-state index < -0.39 is 0 Å². The number of amides is 2. The van der Waals surface area contributed by atoms with Crippen LogP contribution in [0.2, 0.25) is 0 Å². The number of likely N-dealkylation sites (tertiary alicyclic amines) is 1. The number of nitrogens with zero attached hydrogens (tertiary/aromatic N) is 2. The molecule has 2 unspecified atom stereocenters. The summed E-state index contributed by atoms with van der Waals surface area (Å²) in [5.74, 6) is -0.128. The minimum Gasteiger partial charge on any atom is -0.361 e. The number of carbonyl (C=O) groups is 2. The van der Waals surface area contributed by atoms with Gasteiger partial charge in [0.25, 0.3) is 0 Å². The molecule has 0 spiro atoms. The molecule has 2 saturated heterocycles. The van der Waals surface area contributed by atoms with Crippen LogP contribution in [-0.2, 0) is 22.7 Å². The second-order valence-corrected chi connectivity index (χ2v) is 10.5. The van der Waals surface area contributed by atoms with Crippen molar-refractivity contribution in [3.05, 3.63) is 70.7 Å². The number of H-pyrrole nitrogens is 1. The molecular weight excluding hydrogens is 463 g/mol.